The Bertz CT molecular complexity index is 737. The lowest BCUT2D eigenvalue weighted by atomic mass is 9.98. The summed E-state index contributed by atoms with van der Waals surface area (Å²) in [5.74, 6) is -11.4. The summed E-state index contributed by atoms with van der Waals surface area (Å²) in [5.41, 5.74) is -2.87. The molecule has 0 spiro atoms. The molecule has 116 valence electrons. The highest BCUT2D eigenvalue weighted by Crippen LogP contribution is 2.34. The topological polar surface area (TPSA) is 63.4 Å². The molecule has 1 unspecified atom stereocenters. The minimum Gasteiger partial charge on any atom is -0.383 e. The fraction of sp³-hybridized carbons (Fsp3) is 0.0769. The van der Waals surface area contributed by atoms with Crippen molar-refractivity contribution in [3.63, 3.8) is 0 Å². The average molecular weight is 319 g/mol. The lowest BCUT2D eigenvalue weighted by molar-refractivity contribution is -0.386. The van der Waals surface area contributed by atoms with Crippen molar-refractivity contribution in [1.82, 2.24) is 0 Å². The number of aliphatic hydroxyl groups excluding tert-OH is 1. The Kier molecular flexibility index (Phi) is 4.09. The third-order valence-electron chi connectivity index (χ3n) is 2.95. The molecule has 0 fully saturated rings. The molecule has 0 heterocycles. The summed E-state index contributed by atoms with van der Waals surface area (Å²) in [7, 11) is 0. The lowest BCUT2D eigenvalue weighted by Crippen LogP contribution is -2.13. The average Bonchev–Trinajstić information content (AvgIpc) is 2.51. The third-order valence-corrected chi connectivity index (χ3v) is 2.95. The summed E-state index contributed by atoms with van der Waals surface area (Å²) < 4.78 is 66.5. The number of aliphatic hydroxyl groups is 1. The van der Waals surface area contributed by atoms with Gasteiger partial charge in [-0.25, -0.2) is 22.0 Å². The molecular weight excluding hydrogens is 313 g/mol. The first kappa shape index (κ1) is 15.8. The Labute approximate surface area is 119 Å². The zero-order valence-corrected chi connectivity index (χ0v) is 10.5. The molecule has 0 saturated heterocycles. The van der Waals surface area contributed by atoms with E-state index in [4.69, 9.17) is 0 Å². The summed E-state index contributed by atoms with van der Waals surface area (Å²) in [6, 6.07) is 4.29. The number of benzene rings is 2. The minimum absolute atomic E-state index is 0.601. The molecule has 0 bridgehead atoms. The standard InChI is InChI=1S/C13H6F5NO3/c14-8-7(9(15)11(17)12(18)10(8)16)13(20)5-3-1-2-4-6(5)19(21)22/h1-4,13,20H. The molecule has 0 saturated carbocycles. The maximum Gasteiger partial charge on any atom is 0.275 e. The van der Waals surface area contributed by atoms with E-state index in [2.05, 4.69) is 0 Å². The van der Waals surface area contributed by atoms with Gasteiger partial charge in [0.05, 0.1) is 16.1 Å². The highest BCUT2D eigenvalue weighted by atomic mass is 19.2. The van der Waals surface area contributed by atoms with E-state index in [0.29, 0.717) is 0 Å². The second-order valence-electron chi connectivity index (χ2n) is 4.20. The van der Waals surface area contributed by atoms with E-state index < -0.39 is 56.9 Å². The number of nitro groups is 1. The fourth-order valence-electron chi connectivity index (χ4n) is 1.90. The molecule has 1 N–H and O–H groups in total. The van der Waals surface area contributed by atoms with Crippen molar-refractivity contribution in [2.45, 2.75) is 6.10 Å². The largest absolute Gasteiger partial charge is 0.383 e. The van der Waals surface area contributed by atoms with Gasteiger partial charge in [0.1, 0.15) is 6.10 Å². The van der Waals surface area contributed by atoms with Crippen LogP contribution in [0.3, 0.4) is 0 Å². The zero-order chi connectivity index (χ0) is 16.6. The van der Waals surface area contributed by atoms with Crippen LogP contribution in [0, 0.1) is 39.2 Å². The van der Waals surface area contributed by atoms with E-state index in [0.717, 1.165) is 12.1 Å². The van der Waals surface area contributed by atoms with Gasteiger partial charge >= 0.3 is 0 Å². The zero-order valence-electron chi connectivity index (χ0n) is 10.5. The number of rotatable bonds is 3. The van der Waals surface area contributed by atoms with Gasteiger partial charge < -0.3 is 5.11 Å². The van der Waals surface area contributed by atoms with Crippen LogP contribution in [0.5, 0.6) is 0 Å². The second-order valence-corrected chi connectivity index (χ2v) is 4.20. The van der Waals surface area contributed by atoms with Crippen molar-refractivity contribution in [3.05, 3.63) is 74.6 Å². The molecular formula is C13H6F5NO3. The molecule has 22 heavy (non-hydrogen) atoms. The second kappa shape index (κ2) is 5.68. The number of nitro benzene ring substituents is 1. The molecule has 1 atom stereocenters. The van der Waals surface area contributed by atoms with E-state index in [9.17, 15) is 37.2 Å². The SMILES string of the molecule is O=[N+]([O-])c1ccccc1C(O)c1c(F)c(F)c(F)c(F)c1F. The number of halogens is 5. The molecule has 9 heteroatoms. The van der Waals surface area contributed by atoms with E-state index >= 15 is 0 Å². The Morgan fingerprint density at radius 3 is 1.86 bits per heavy atom. The molecule has 2 rings (SSSR count). The highest BCUT2D eigenvalue weighted by Gasteiger charge is 2.32. The van der Waals surface area contributed by atoms with Crippen molar-refractivity contribution >= 4 is 5.69 Å². The first-order chi connectivity index (χ1) is 10.3. The number of nitrogens with zero attached hydrogens (tertiary/aromatic N) is 1. The van der Waals surface area contributed by atoms with Gasteiger partial charge in [-0.2, -0.15) is 0 Å². The van der Waals surface area contributed by atoms with Gasteiger partial charge in [0, 0.05) is 6.07 Å². The van der Waals surface area contributed by atoms with E-state index in [1.54, 1.807) is 0 Å². The van der Waals surface area contributed by atoms with Crippen molar-refractivity contribution in [1.29, 1.82) is 0 Å². The Balaban J connectivity index is 2.71. The van der Waals surface area contributed by atoms with Gasteiger partial charge in [-0.3, -0.25) is 10.1 Å². The predicted molar refractivity (Wildman–Crippen MR) is 63.4 cm³/mol. The molecule has 0 aliphatic carbocycles. The third kappa shape index (κ3) is 2.39. The summed E-state index contributed by atoms with van der Waals surface area (Å²) in [6.07, 6.45) is -2.40. The molecule has 2 aromatic rings. The van der Waals surface area contributed by atoms with Gasteiger partial charge in [-0.05, 0) is 6.07 Å². The number of hydrogen-bond donors (Lipinski definition) is 1. The molecule has 0 amide bonds. The number of hydrogen-bond acceptors (Lipinski definition) is 3. The maximum absolute atomic E-state index is 13.6. The van der Waals surface area contributed by atoms with Crippen LogP contribution >= 0.6 is 0 Å². The van der Waals surface area contributed by atoms with Crippen molar-refractivity contribution in [2.75, 3.05) is 0 Å². The highest BCUT2D eigenvalue weighted by molar-refractivity contribution is 5.46. The van der Waals surface area contributed by atoms with Gasteiger partial charge in [-0.1, -0.05) is 12.1 Å². The summed E-state index contributed by atoms with van der Waals surface area (Å²) in [6.45, 7) is 0. The molecule has 0 aliphatic heterocycles. The van der Waals surface area contributed by atoms with Crippen LogP contribution in [-0.2, 0) is 0 Å². The summed E-state index contributed by atoms with van der Waals surface area (Å²) in [5, 5.41) is 20.7. The Morgan fingerprint density at radius 2 is 1.36 bits per heavy atom. The van der Waals surface area contributed by atoms with Crippen molar-refractivity contribution in [3.8, 4) is 0 Å². The fourth-order valence-corrected chi connectivity index (χ4v) is 1.90. The van der Waals surface area contributed by atoms with Crippen LogP contribution in [0.4, 0.5) is 27.6 Å². The Morgan fingerprint density at radius 1 is 0.909 bits per heavy atom. The van der Waals surface area contributed by atoms with Gasteiger partial charge in [0.15, 0.2) is 23.3 Å². The first-order valence-electron chi connectivity index (χ1n) is 5.70. The quantitative estimate of drug-likeness (QED) is 0.310. The predicted octanol–water partition coefficient (Wildman–Crippen LogP) is 3.37. The van der Waals surface area contributed by atoms with Crippen molar-refractivity contribution < 1.29 is 32.0 Å². The van der Waals surface area contributed by atoms with Gasteiger partial charge in [0.25, 0.3) is 5.69 Å². The van der Waals surface area contributed by atoms with E-state index in [-0.39, 0.29) is 0 Å². The smallest absolute Gasteiger partial charge is 0.275 e. The number of para-hydroxylation sites is 1. The minimum atomic E-state index is -2.40. The lowest BCUT2D eigenvalue weighted by Gasteiger charge is -2.14. The summed E-state index contributed by atoms with van der Waals surface area (Å²) in [4.78, 5) is 9.86. The first-order valence-corrected chi connectivity index (χ1v) is 5.70. The normalized spacial score (nSPS) is 12.3. The Hall–Kier alpha value is -2.55. The van der Waals surface area contributed by atoms with Gasteiger partial charge in [0.2, 0.25) is 5.82 Å². The van der Waals surface area contributed by atoms with Crippen LogP contribution in [0.2, 0.25) is 0 Å². The van der Waals surface area contributed by atoms with Crippen LogP contribution in [-0.4, -0.2) is 10.0 Å². The van der Waals surface area contributed by atoms with Crippen LogP contribution in [0.25, 0.3) is 0 Å². The van der Waals surface area contributed by atoms with E-state index in [1.807, 2.05) is 0 Å². The maximum atomic E-state index is 13.6. The monoisotopic (exact) mass is 319 g/mol. The molecule has 0 aliphatic rings. The van der Waals surface area contributed by atoms with Gasteiger partial charge in [-0.15, -0.1) is 0 Å². The molecule has 0 aromatic heterocycles. The van der Waals surface area contributed by atoms with Crippen LogP contribution in [0.15, 0.2) is 24.3 Å². The van der Waals surface area contributed by atoms with Crippen molar-refractivity contribution in [2.24, 2.45) is 0 Å². The summed E-state index contributed by atoms with van der Waals surface area (Å²) >= 11 is 0. The molecule has 4 nitrogen and oxygen atoms in total. The van der Waals surface area contributed by atoms with Crippen LogP contribution in [0.1, 0.15) is 17.2 Å². The van der Waals surface area contributed by atoms with Crippen LogP contribution < -0.4 is 0 Å². The van der Waals surface area contributed by atoms with E-state index in [1.165, 1.54) is 12.1 Å². The molecule has 2 aromatic carbocycles. The molecule has 0 radical (unpaired) electrons.